The summed E-state index contributed by atoms with van der Waals surface area (Å²) in [6, 6.07) is 0. The Morgan fingerprint density at radius 3 is 2.55 bits per heavy atom. The Bertz CT molecular complexity index is 238. The summed E-state index contributed by atoms with van der Waals surface area (Å²) in [5.74, 6) is 0.190. The van der Waals surface area contributed by atoms with Crippen LogP contribution in [0.25, 0.3) is 0 Å². The Morgan fingerprint density at radius 2 is 2.18 bits per heavy atom. The third kappa shape index (κ3) is 1.34. The van der Waals surface area contributed by atoms with Gasteiger partial charge in [-0.25, -0.2) is 0 Å². The topological polar surface area (TPSA) is 20.3 Å². The maximum Gasteiger partial charge on any atom is 0.230 e. The fourth-order valence-corrected chi connectivity index (χ4v) is 1.27. The first kappa shape index (κ1) is 8.05. The lowest BCUT2D eigenvalue weighted by Crippen LogP contribution is -2.18. The Balaban J connectivity index is 2.91. The average molecular weight is 151 g/mol. The van der Waals surface area contributed by atoms with E-state index < -0.39 is 0 Å². The van der Waals surface area contributed by atoms with Crippen LogP contribution in [0.2, 0.25) is 0 Å². The molecule has 0 aromatic carbocycles. The summed E-state index contributed by atoms with van der Waals surface area (Å²) in [6.07, 6.45) is 4.50. The molecule has 0 spiro atoms. The van der Waals surface area contributed by atoms with Gasteiger partial charge < -0.3 is 4.90 Å². The van der Waals surface area contributed by atoms with Gasteiger partial charge in [0.1, 0.15) is 0 Å². The zero-order chi connectivity index (χ0) is 8.43. The van der Waals surface area contributed by atoms with Crippen molar-refractivity contribution in [1.29, 1.82) is 0 Å². The van der Waals surface area contributed by atoms with Gasteiger partial charge in [-0.05, 0) is 25.5 Å². The van der Waals surface area contributed by atoms with Gasteiger partial charge in [0.25, 0.3) is 0 Å². The van der Waals surface area contributed by atoms with Crippen molar-refractivity contribution < 1.29 is 4.79 Å². The molecule has 0 bridgehead atoms. The molecule has 0 aromatic rings. The van der Waals surface area contributed by atoms with Crippen LogP contribution in [0, 0.1) is 0 Å². The highest BCUT2D eigenvalue weighted by Crippen LogP contribution is 2.22. The van der Waals surface area contributed by atoms with Gasteiger partial charge in [-0.3, -0.25) is 4.79 Å². The van der Waals surface area contributed by atoms with Crippen molar-refractivity contribution in [1.82, 2.24) is 4.90 Å². The number of hydrogen-bond acceptors (Lipinski definition) is 1. The number of nitrogens with zero attached hydrogens (tertiary/aromatic N) is 1. The van der Waals surface area contributed by atoms with Crippen molar-refractivity contribution in [2.75, 3.05) is 7.05 Å². The first-order chi connectivity index (χ1) is 5.16. The van der Waals surface area contributed by atoms with Crippen molar-refractivity contribution in [3.63, 3.8) is 0 Å². The molecule has 1 aliphatic heterocycles. The van der Waals surface area contributed by atoms with E-state index >= 15 is 0 Å². The molecule has 0 saturated heterocycles. The van der Waals surface area contributed by atoms with Gasteiger partial charge in [-0.15, -0.1) is 0 Å². The van der Waals surface area contributed by atoms with Gasteiger partial charge in [0.2, 0.25) is 5.91 Å². The van der Waals surface area contributed by atoms with Crippen LogP contribution in [0.4, 0.5) is 0 Å². The van der Waals surface area contributed by atoms with Crippen LogP contribution >= 0.6 is 0 Å². The van der Waals surface area contributed by atoms with E-state index in [2.05, 4.69) is 0 Å². The third-order valence-electron chi connectivity index (χ3n) is 1.91. The maximum atomic E-state index is 11.1. The second-order valence-electron chi connectivity index (χ2n) is 2.80. The zero-order valence-electron chi connectivity index (χ0n) is 7.22. The smallest absolute Gasteiger partial charge is 0.230 e. The lowest BCUT2D eigenvalue weighted by molar-refractivity contribution is -0.125. The molecular formula is C9H13NO. The number of rotatable bonds is 1. The minimum Gasteiger partial charge on any atom is -0.315 e. The number of likely N-dealkylation sites (N-methyl/N-ethyl adjacent to an activating group) is 1. The number of allylic oxidation sites excluding steroid dienone is 2. The molecule has 0 atom stereocenters. The molecule has 1 rings (SSSR count). The third-order valence-corrected chi connectivity index (χ3v) is 1.91. The van der Waals surface area contributed by atoms with Crippen LogP contribution < -0.4 is 0 Å². The molecule has 2 nitrogen and oxygen atoms in total. The van der Waals surface area contributed by atoms with E-state index in [1.54, 1.807) is 4.90 Å². The number of carbonyl (C=O) groups is 1. The van der Waals surface area contributed by atoms with Gasteiger partial charge in [-0.1, -0.05) is 6.08 Å². The molecular weight excluding hydrogens is 138 g/mol. The summed E-state index contributed by atoms with van der Waals surface area (Å²) in [4.78, 5) is 12.8. The summed E-state index contributed by atoms with van der Waals surface area (Å²) in [6.45, 7) is 3.95. The number of amides is 1. The summed E-state index contributed by atoms with van der Waals surface area (Å²) in [7, 11) is 1.81. The number of hydrogen-bond donors (Lipinski definition) is 0. The summed E-state index contributed by atoms with van der Waals surface area (Å²) >= 11 is 0. The largest absolute Gasteiger partial charge is 0.315 e. The van der Waals surface area contributed by atoms with E-state index in [9.17, 15) is 4.79 Å². The standard InChI is InChI=1S/C9H13NO/c1-4-5-8-7(2)6-9(11)10(8)3/h4-5H,6H2,1-3H3/b5-4-. The normalized spacial score (nSPS) is 19.2. The fourth-order valence-electron chi connectivity index (χ4n) is 1.27. The van der Waals surface area contributed by atoms with Crippen LogP contribution in [-0.4, -0.2) is 17.9 Å². The molecule has 0 unspecified atom stereocenters. The summed E-state index contributed by atoms with van der Waals surface area (Å²) in [5, 5.41) is 0. The van der Waals surface area contributed by atoms with Crippen molar-refractivity contribution in [3.05, 3.63) is 23.4 Å². The van der Waals surface area contributed by atoms with E-state index in [-0.39, 0.29) is 5.91 Å². The Kier molecular flexibility index (Phi) is 2.13. The molecule has 60 valence electrons. The molecule has 0 radical (unpaired) electrons. The molecule has 0 saturated carbocycles. The second-order valence-corrected chi connectivity index (χ2v) is 2.80. The minimum atomic E-state index is 0.190. The molecule has 1 heterocycles. The van der Waals surface area contributed by atoms with Crippen molar-refractivity contribution in [2.24, 2.45) is 0 Å². The molecule has 0 aromatic heterocycles. The van der Waals surface area contributed by atoms with E-state index in [1.807, 2.05) is 33.0 Å². The van der Waals surface area contributed by atoms with Gasteiger partial charge >= 0.3 is 0 Å². The van der Waals surface area contributed by atoms with Crippen LogP contribution in [0.1, 0.15) is 20.3 Å². The fraction of sp³-hybridized carbons (Fsp3) is 0.444. The quantitative estimate of drug-likeness (QED) is 0.558. The predicted molar refractivity (Wildman–Crippen MR) is 44.9 cm³/mol. The van der Waals surface area contributed by atoms with Crippen LogP contribution in [-0.2, 0) is 4.79 Å². The lowest BCUT2D eigenvalue weighted by atomic mass is 10.2. The lowest BCUT2D eigenvalue weighted by Gasteiger charge is -2.10. The predicted octanol–water partition coefficient (Wildman–Crippen LogP) is 1.70. The van der Waals surface area contributed by atoms with Gasteiger partial charge in [0, 0.05) is 12.7 Å². The second kappa shape index (κ2) is 2.91. The molecule has 0 aliphatic carbocycles. The SMILES string of the molecule is C/C=C\C1=C(C)CC(=O)N1C. The number of carbonyl (C=O) groups excluding carboxylic acids is 1. The van der Waals surface area contributed by atoms with Crippen LogP contribution in [0.5, 0.6) is 0 Å². The van der Waals surface area contributed by atoms with Crippen LogP contribution in [0.3, 0.4) is 0 Å². The van der Waals surface area contributed by atoms with Gasteiger partial charge in [0.05, 0.1) is 6.42 Å². The highest BCUT2D eigenvalue weighted by Gasteiger charge is 2.21. The van der Waals surface area contributed by atoms with Gasteiger partial charge in [0.15, 0.2) is 0 Å². The van der Waals surface area contributed by atoms with Gasteiger partial charge in [-0.2, -0.15) is 0 Å². The Hall–Kier alpha value is -1.05. The molecule has 2 heteroatoms. The molecule has 1 amide bonds. The highest BCUT2D eigenvalue weighted by atomic mass is 16.2. The first-order valence-electron chi connectivity index (χ1n) is 3.76. The molecule has 1 aliphatic rings. The Morgan fingerprint density at radius 1 is 1.55 bits per heavy atom. The molecule has 0 fully saturated rings. The first-order valence-corrected chi connectivity index (χ1v) is 3.76. The zero-order valence-corrected chi connectivity index (χ0v) is 7.22. The van der Waals surface area contributed by atoms with E-state index in [4.69, 9.17) is 0 Å². The highest BCUT2D eigenvalue weighted by molar-refractivity contribution is 5.84. The van der Waals surface area contributed by atoms with Crippen molar-refractivity contribution >= 4 is 5.91 Å². The Labute approximate surface area is 67.2 Å². The molecule has 0 N–H and O–H groups in total. The average Bonchev–Trinajstić information content (AvgIpc) is 2.17. The van der Waals surface area contributed by atoms with E-state index in [1.165, 1.54) is 0 Å². The van der Waals surface area contributed by atoms with Crippen LogP contribution in [0.15, 0.2) is 23.4 Å². The van der Waals surface area contributed by atoms with Crippen molar-refractivity contribution in [3.8, 4) is 0 Å². The maximum absolute atomic E-state index is 11.1. The van der Waals surface area contributed by atoms with Crippen molar-refractivity contribution in [2.45, 2.75) is 20.3 Å². The summed E-state index contributed by atoms with van der Waals surface area (Å²) < 4.78 is 0. The summed E-state index contributed by atoms with van der Waals surface area (Å²) in [5.41, 5.74) is 2.22. The molecule has 11 heavy (non-hydrogen) atoms. The van der Waals surface area contributed by atoms with E-state index in [0.29, 0.717) is 6.42 Å². The monoisotopic (exact) mass is 151 g/mol. The minimum absolute atomic E-state index is 0.190. The van der Waals surface area contributed by atoms with E-state index in [0.717, 1.165) is 11.3 Å².